The minimum Gasteiger partial charge on any atom is -0.324 e. The quantitative estimate of drug-likeness (QED) is 0.799. The molecule has 0 radical (unpaired) electrons. The fourth-order valence-corrected chi connectivity index (χ4v) is 3.63. The molecule has 21 heavy (non-hydrogen) atoms. The zero-order chi connectivity index (χ0) is 15.6. The normalized spacial score (nSPS) is 12.5. The minimum atomic E-state index is -0.182. The summed E-state index contributed by atoms with van der Waals surface area (Å²) in [5, 5.41) is 0. The maximum absolute atomic E-state index is 13.7. The zero-order valence-electron chi connectivity index (χ0n) is 13.0. The number of hydrogen-bond donors (Lipinski definition) is 1. The van der Waals surface area contributed by atoms with Crippen LogP contribution in [0.15, 0.2) is 35.2 Å². The van der Waals surface area contributed by atoms with E-state index in [0.29, 0.717) is 5.56 Å². The van der Waals surface area contributed by atoms with Crippen molar-refractivity contribution >= 4 is 11.8 Å². The predicted molar refractivity (Wildman–Crippen MR) is 89.2 cm³/mol. The molecule has 0 heterocycles. The predicted octanol–water partition coefficient (Wildman–Crippen LogP) is 5.06. The molecule has 0 saturated carbocycles. The molecule has 0 spiro atoms. The van der Waals surface area contributed by atoms with Gasteiger partial charge in [-0.2, -0.15) is 0 Å². The summed E-state index contributed by atoms with van der Waals surface area (Å²) in [5.41, 5.74) is 11.4. The standard InChI is InChI=1S/C18H22FNS/c1-11-5-12(2)7-15(6-11)10-21-18-8-13(3)17(19)9-16(18)14(4)20/h5-9,14H,10,20H2,1-4H3/t14-/m0/s1. The van der Waals surface area contributed by atoms with E-state index in [1.165, 1.54) is 16.7 Å². The molecular weight excluding hydrogens is 281 g/mol. The Morgan fingerprint density at radius 2 is 1.67 bits per heavy atom. The lowest BCUT2D eigenvalue weighted by Crippen LogP contribution is -2.07. The second-order valence-electron chi connectivity index (χ2n) is 5.71. The van der Waals surface area contributed by atoms with Crippen molar-refractivity contribution in [2.45, 2.75) is 44.4 Å². The Morgan fingerprint density at radius 1 is 1.05 bits per heavy atom. The Morgan fingerprint density at radius 3 is 2.24 bits per heavy atom. The van der Waals surface area contributed by atoms with Crippen LogP contribution in [-0.4, -0.2) is 0 Å². The molecule has 2 rings (SSSR count). The van der Waals surface area contributed by atoms with E-state index in [1.54, 1.807) is 24.8 Å². The molecule has 0 fully saturated rings. The lowest BCUT2D eigenvalue weighted by Gasteiger charge is -2.14. The van der Waals surface area contributed by atoms with Gasteiger partial charge in [0.1, 0.15) is 5.82 Å². The van der Waals surface area contributed by atoms with Gasteiger partial charge in [-0.1, -0.05) is 29.3 Å². The Bertz CT molecular complexity index is 630. The number of rotatable bonds is 4. The first kappa shape index (κ1) is 16.1. The summed E-state index contributed by atoms with van der Waals surface area (Å²) in [7, 11) is 0. The summed E-state index contributed by atoms with van der Waals surface area (Å²) >= 11 is 1.72. The molecule has 0 saturated heterocycles. The molecular formula is C18H22FNS. The van der Waals surface area contributed by atoms with Crippen molar-refractivity contribution in [3.8, 4) is 0 Å². The summed E-state index contributed by atoms with van der Waals surface area (Å²) in [6.45, 7) is 7.90. The highest BCUT2D eigenvalue weighted by Crippen LogP contribution is 2.31. The number of thioether (sulfide) groups is 1. The van der Waals surface area contributed by atoms with E-state index in [9.17, 15) is 4.39 Å². The van der Waals surface area contributed by atoms with Crippen molar-refractivity contribution < 1.29 is 4.39 Å². The third-order valence-electron chi connectivity index (χ3n) is 3.46. The van der Waals surface area contributed by atoms with Crippen molar-refractivity contribution in [3.63, 3.8) is 0 Å². The van der Waals surface area contributed by atoms with Gasteiger partial charge in [-0.05, 0) is 56.5 Å². The number of benzene rings is 2. The first-order valence-corrected chi connectivity index (χ1v) is 8.11. The van der Waals surface area contributed by atoms with Crippen LogP contribution in [0.2, 0.25) is 0 Å². The van der Waals surface area contributed by atoms with Crippen LogP contribution in [0.1, 0.15) is 40.8 Å². The molecule has 2 aromatic rings. The van der Waals surface area contributed by atoms with E-state index in [4.69, 9.17) is 5.73 Å². The summed E-state index contributed by atoms with van der Waals surface area (Å²) in [4.78, 5) is 1.07. The molecule has 1 nitrogen and oxygen atoms in total. The van der Waals surface area contributed by atoms with Crippen molar-refractivity contribution in [3.05, 3.63) is 64.0 Å². The highest BCUT2D eigenvalue weighted by molar-refractivity contribution is 7.98. The molecule has 0 aliphatic heterocycles. The van der Waals surface area contributed by atoms with E-state index < -0.39 is 0 Å². The number of nitrogens with two attached hydrogens (primary N) is 1. The molecule has 0 unspecified atom stereocenters. The summed E-state index contributed by atoms with van der Waals surface area (Å²) in [6.07, 6.45) is 0. The monoisotopic (exact) mass is 303 g/mol. The van der Waals surface area contributed by atoms with E-state index in [1.807, 2.05) is 13.0 Å². The zero-order valence-corrected chi connectivity index (χ0v) is 13.9. The van der Waals surface area contributed by atoms with Gasteiger partial charge in [-0.15, -0.1) is 11.8 Å². The third-order valence-corrected chi connectivity index (χ3v) is 4.60. The topological polar surface area (TPSA) is 26.0 Å². The summed E-state index contributed by atoms with van der Waals surface area (Å²) in [5.74, 6) is 0.686. The summed E-state index contributed by atoms with van der Waals surface area (Å²) < 4.78 is 13.7. The van der Waals surface area contributed by atoms with Gasteiger partial charge in [-0.25, -0.2) is 4.39 Å². The molecule has 2 aromatic carbocycles. The van der Waals surface area contributed by atoms with Gasteiger partial charge in [0.25, 0.3) is 0 Å². The van der Waals surface area contributed by atoms with Crippen LogP contribution in [0.25, 0.3) is 0 Å². The lowest BCUT2D eigenvalue weighted by atomic mass is 10.1. The average Bonchev–Trinajstić information content (AvgIpc) is 2.38. The van der Waals surface area contributed by atoms with Gasteiger partial charge in [0.15, 0.2) is 0 Å². The Kier molecular flexibility index (Phi) is 5.07. The largest absolute Gasteiger partial charge is 0.324 e. The van der Waals surface area contributed by atoms with Gasteiger partial charge in [0, 0.05) is 16.7 Å². The maximum atomic E-state index is 13.7. The number of hydrogen-bond acceptors (Lipinski definition) is 2. The Balaban J connectivity index is 2.25. The molecule has 112 valence electrons. The van der Waals surface area contributed by atoms with Crippen LogP contribution >= 0.6 is 11.8 Å². The van der Waals surface area contributed by atoms with E-state index in [2.05, 4.69) is 32.0 Å². The van der Waals surface area contributed by atoms with Crippen molar-refractivity contribution in [2.75, 3.05) is 0 Å². The molecule has 1 atom stereocenters. The third kappa shape index (κ3) is 4.08. The highest BCUT2D eigenvalue weighted by atomic mass is 32.2. The van der Waals surface area contributed by atoms with Crippen LogP contribution in [-0.2, 0) is 5.75 Å². The van der Waals surface area contributed by atoms with Crippen LogP contribution in [0.3, 0.4) is 0 Å². The fraction of sp³-hybridized carbons (Fsp3) is 0.333. The first-order chi connectivity index (χ1) is 9.86. The van der Waals surface area contributed by atoms with E-state index in [0.717, 1.165) is 16.2 Å². The number of halogens is 1. The molecule has 2 N–H and O–H groups in total. The van der Waals surface area contributed by atoms with E-state index in [-0.39, 0.29) is 11.9 Å². The highest BCUT2D eigenvalue weighted by Gasteiger charge is 2.11. The second-order valence-corrected chi connectivity index (χ2v) is 6.73. The summed E-state index contributed by atoms with van der Waals surface area (Å²) in [6, 6.07) is 9.88. The van der Waals surface area contributed by atoms with E-state index >= 15 is 0 Å². The van der Waals surface area contributed by atoms with Gasteiger partial charge in [0.05, 0.1) is 0 Å². The first-order valence-electron chi connectivity index (χ1n) is 7.12. The van der Waals surface area contributed by atoms with Crippen molar-refractivity contribution in [1.29, 1.82) is 0 Å². The molecule has 0 amide bonds. The van der Waals surface area contributed by atoms with Crippen molar-refractivity contribution in [2.24, 2.45) is 5.73 Å². The van der Waals surface area contributed by atoms with Crippen LogP contribution in [0.4, 0.5) is 4.39 Å². The lowest BCUT2D eigenvalue weighted by molar-refractivity contribution is 0.610. The molecule has 3 heteroatoms. The second kappa shape index (κ2) is 6.63. The molecule has 0 bridgehead atoms. The number of aryl methyl sites for hydroxylation is 3. The molecule has 0 aliphatic rings. The SMILES string of the molecule is Cc1cc(C)cc(CSc2cc(C)c(F)cc2[C@H](C)N)c1. The van der Waals surface area contributed by atoms with Gasteiger partial charge >= 0.3 is 0 Å². The van der Waals surface area contributed by atoms with Crippen LogP contribution in [0.5, 0.6) is 0 Å². The van der Waals surface area contributed by atoms with Crippen molar-refractivity contribution in [1.82, 2.24) is 0 Å². The van der Waals surface area contributed by atoms with Gasteiger partial charge < -0.3 is 5.73 Å². The minimum absolute atomic E-state index is 0.165. The van der Waals surface area contributed by atoms with Crippen LogP contribution in [0, 0.1) is 26.6 Å². The van der Waals surface area contributed by atoms with Gasteiger partial charge in [0.2, 0.25) is 0 Å². The smallest absolute Gasteiger partial charge is 0.126 e. The average molecular weight is 303 g/mol. The Hall–Kier alpha value is -1.32. The molecule has 0 aromatic heterocycles. The maximum Gasteiger partial charge on any atom is 0.126 e. The fourth-order valence-electron chi connectivity index (χ4n) is 2.46. The Labute approximate surface area is 130 Å². The van der Waals surface area contributed by atoms with Gasteiger partial charge in [-0.3, -0.25) is 0 Å². The van der Waals surface area contributed by atoms with Crippen LogP contribution < -0.4 is 5.73 Å². The molecule has 0 aliphatic carbocycles.